The van der Waals surface area contributed by atoms with Gasteiger partial charge >= 0.3 is 0 Å². The summed E-state index contributed by atoms with van der Waals surface area (Å²) in [5, 5.41) is 3.62. The van der Waals surface area contributed by atoms with Crippen LogP contribution in [-0.4, -0.2) is 24.6 Å². The molecule has 0 aliphatic carbocycles. The lowest BCUT2D eigenvalue weighted by molar-refractivity contribution is -0.123. The van der Waals surface area contributed by atoms with Gasteiger partial charge in [0.25, 0.3) is 11.5 Å². The lowest BCUT2D eigenvalue weighted by Gasteiger charge is -2.10. The first-order valence-electron chi connectivity index (χ1n) is 8.22. The molecule has 1 heterocycles. The van der Waals surface area contributed by atoms with Crippen molar-refractivity contribution >= 4 is 16.8 Å². The molecule has 2 N–H and O–H groups in total. The van der Waals surface area contributed by atoms with Gasteiger partial charge in [-0.1, -0.05) is 24.3 Å². The number of hydrogen-bond donors (Lipinski definition) is 2. The van der Waals surface area contributed by atoms with Crippen LogP contribution in [0.5, 0.6) is 11.5 Å². The third kappa shape index (κ3) is 4.03. The molecule has 0 aliphatic rings. The van der Waals surface area contributed by atoms with E-state index < -0.39 is 0 Å². The number of benzene rings is 2. The van der Waals surface area contributed by atoms with Crippen molar-refractivity contribution in [2.45, 2.75) is 13.5 Å². The minimum Gasteiger partial charge on any atom is -0.493 e. The molecular formula is C20H20N2O4. The van der Waals surface area contributed by atoms with Crippen LogP contribution in [-0.2, 0) is 11.3 Å². The van der Waals surface area contributed by atoms with Crippen molar-refractivity contribution in [1.82, 2.24) is 10.3 Å². The molecule has 0 saturated heterocycles. The number of amides is 1. The third-order valence-electron chi connectivity index (χ3n) is 3.98. The van der Waals surface area contributed by atoms with Crippen LogP contribution in [0.2, 0.25) is 0 Å². The summed E-state index contributed by atoms with van der Waals surface area (Å²) in [4.78, 5) is 27.0. The highest BCUT2D eigenvalue weighted by Crippen LogP contribution is 2.25. The minimum absolute atomic E-state index is 0.132. The number of pyridine rings is 1. The number of nitrogens with one attached hydrogen (secondary N) is 2. The second kappa shape index (κ2) is 7.74. The molecule has 1 amide bonds. The highest BCUT2D eigenvalue weighted by Gasteiger charge is 2.09. The molecule has 2 aromatic carbocycles. The fourth-order valence-electron chi connectivity index (χ4n) is 2.62. The van der Waals surface area contributed by atoms with Gasteiger partial charge in [-0.05, 0) is 42.1 Å². The van der Waals surface area contributed by atoms with Crippen molar-refractivity contribution in [3.8, 4) is 11.5 Å². The topological polar surface area (TPSA) is 80.4 Å². The minimum atomic E-state index is -0.320. The van der Waals surface area contributed by atoms with Crippen LogP contribution < -0.4 is 20.3 Å². The normalized spacial score (nSPS) is 10.5. The maximum absolute atomic E-state index is 12.2. The van der Waals surface area contributed by atoms with Gasteiger partial charge in [-0.2, -0.15) is 0 Å². The van der Waals surface area contributed by atoms with Crippen LogP contribution in [0, 0.1) is 6.92 Å². The monoisotopic (exact) mass is 352 g/mol. The number of aryl methyl sites for hydroxylation is 1. The Kier molecular flexibility index (Phi) is 5.22. The van der Waals surface area contributed by atoms with Crippen LogP contribution in [0.4, 0.5) is 0 Å². The summed E-state index contributed by atoms with van der Waals surface area (Å²) >= 11 is 0. The van der Waals surface area contributed by atoms with Crippen LogP contribution in [0.1, 0.15) is 11.1 Å². The number of aromatic amines is 1. The second-order valence-corrected chi connectivity index (χ2v) is 5.93. The molecule has 6 heteroatoms. The standard InChI is InChI=1S/C20H20N2O4/c1-13-7-8-14-10-15(20(24)22-16(14)9-13)11-21-19(23)12-26-18-6-4-3-5-17(18)25-2/h3-10H,11-12H2,1-2H3,(H,21,23)(H,22,24). The number of aromatic nitrogens is 1. The largest absolute Gasteiger partial charge is 0.493 e. The van der Waals surface area contributed by atoms with Gasteiger partial charge in [-0.3, -0.25) is 9.59 Å². The zero-order chi connectivity index (χ0) is 18.5. The summed E-state index contributed by atoms with van der Waals surface area (Å²) in [6.07, 6.45) is 0. The van der Waals surface area contributed by atoms with Crippen molar-refractivity contribution in [1.29, 1.82) is 0 Å². The van der Waals surface area contributed by atoms with Crippen molar-refractivity contribution in [2.24, 2.45) is 0 Å². The first-order valence-corrected chi connectivity index (χ1v) is 8.22. The lowest BCUT2D eigenvalue weighted by Crippen LogP contribution is -2.30. The quantitative estimate of drug-likeness (QED) is 0.714. The molecule has 0 fully saturated rings. The van der Waals surface area contributed by atoms with Gasteiger partial charge in [0.05, 0.1) is 7.11 Å². The van der Waals surface area contributed by atoms with Gasteiger partial charge in [-0.25, -0.2) is 0 Å². The number of hydrogen-bond acceptors (Lipinski definition) is 4. The number of ether oxygens (including phenoxy) is 2. The summed E-state index contributed by atoms with van der Waals surface area (Å²) in [7, 11) is 1.54. The fourth-order valence-corrected chi connectivity index (χ4v) is 2.62. The summed E-state index contributed by atoms with van der Waals surface area (Å²) in [6, 6.07) is 14.7. The van der Waals surface area contributed by atoms with E-state index in [-0.39, 0.29) is 24.6 Å². The molecule has 0 bridgehead atoms. The van der Waals surface area contributed by atoms with E-state index in [1.54, 1.807) is 24.3 Å². The van der Waals surface area contributed by atoms with E-state index in [9.17, 15) is 9.59 Å². The molecule has 0 atom stereocenters. The summed E-state index contributed by atoms with van der Waals surface area (Å²) in [6.45, 7) is 1.94. The predicted octanol–water partition coefficient (Wildman–Crippen LogP) is 2.54. The Labute approximate surface area is 150 Å². The van der Waals surface area contributed by atoms with Gasteiger partial charge in [0, 0.05) is 17.6 Å². The second-order valence-electron chi connectivity index (χ2n) is 5.93. The van der Waals surface area contributed by atoms with Crippen molar-refractivity contribution in [3.63, 3.8) is 0 Å². The maximum atomic E-state index is 12.2. The molecule has 6 nitrogen and oxygen atoms in total. The molecule has 0 saturated carbocycles. The maximum Gasteiger partial charge on any atom is 0.258 e. The Hall–Kier alpha value is -3.28. The van der Waals surface area contributed by atoms with E-state index in [2.05, 4.69) is 10.3 Å². The highest BCUT2D eigenvalue weighted by atomic mass is 16.5. The van der Waals surface area contributed by atoms with E-state index in [0.29, 0.717) is 17.1 Å². The molecule has 0 radical (unpaired) electrons. The molecule has 134 valence electrons. The molecule has 3 rings (SSSR count). The van der Waals surface area contributed by atoms with Crippen LogP contribution in [0.15, 0.2) is 53.3 Å². The van der Waals surface area contributed by atoms with Crippen molar-refractivity contribution in [2.75, 3.05) is 13.7 Å². The van der Waals surface area contributed by atoms with E-state index in [4.69, 9.17) is 9.47 Å². The van der Waals surface area contributed by atoms with Gasteiger partial charge in [0.15, 0.2) is 18.1 Å². The average Bonchev–Trinajstić information content (AvgIpc) is 2.64. The van der Waals surface area contributed by atoms with E-state index >= 15 is 0 Å². The van der Waals surface area contributed by atoms with Gasteiger partial charge < -0.3 is 19.8 Å². The average molecular weight is 352 g/mol. The van der Waals surface area contributed by atoms with E-state index in [1.165, 1.54) is 7.11 Å². The Bertz CT molecular complexity index is 995. The summed E-state index contributed by atoms with van der Waals surface area (Å²) in [5.41, 5.74) is 2.13. The highest BCUT2D eigenvalue weighted by molar-refractivity contribution is 5.80. The number of H-pyrrole nitrogens is 1. The smallest absolute Gasteiger partial charge is 0.258 e. The fraction of sp³-hybridized carbons (Fsp3) is 0.200. The third-order valence-corrected chi connectivity index (χ3v) is 3.98. The first-order chi connectivity index (χ1) is 12.6. The predicted molar refractivity (Wildman–Crippen MR) is 99.6 cm³/mol. The van der Waals surface area contributed by atoms with Crippen molar-refractivity contribution < 1.29 is 14.3 Å². The van der Waals surface area contributed by atoms with Gasteiger partial charge in [0.2, 0.25) is 0 Å². The molecule has 26 heavy (non-hydrogen) atoms. The Morgan fingerprint density at radius 1 is 1.12 bits per heavy atom. The van der Waals surface area contributed by atoms with Gasteiger partial charge in [0.1, 0.15) is 0 Å². The molecule has 3 aromatic rings. The number of methoxy groups -OCH3 is 1. The molecule has 0 unspecified atom stereocenters. The first kappa shape index (κ1) is 17.5. The number of carbonyl (C=O) groups excluding carboxylic acids is 1. The lowest BCUT2D eigenvalue weighted by atomic mass is 10.1. The summed E-state index contributed by atoms with van der Waals surface area (Å²) < 4.78 is 10.6. The van der Waals surface area contributed by atoms with Crippen LogP contribution in [0.3, 0.4) is 0 Å². The number of fused-ring (bicyclic) bond motifs is 1. The van der Waals surface area contributed by atoms with Crippen LogP contribution >= 0.6 is 0 Å². The van der Waals surface area contributed by atoms with Crippen molar-refractivity contribution in [3.05, 3.63) is 70.0 Å². The Morgan fingerprint density at radius 2 is 1.88 bits per heavy atom. The molecular weight excluding hydrogens is 332 g/mol. The Balaban J connectivity index is 1.62. The van der Waals surface area contributed by atoms with Crippen LogP contribution in [0.25, 0.3) is 10.9 Å². The van der Waals surface area contributed by atoms with E-state index in [1.807, 2.05) is 31.2 Å². The summed E-state index contributed by atoms with van der Waals surface area (Å²) in [5.74, 6) is 0.727. The van der Waals surface area contributed by atoms with Gasteiger partial charge in [-0.15, -0.1) is 0 Å². The number of carbonyl (C=O) groups is 1. The number of para-hydroxylation sites is 2. The molecule has 0 aliphatic heterocycles. The molecule has 0 spiro atoms. The Morgan fingerprint density at radius 3 is 2.65 bits per heavy atom. The van der Waals surface area contributed by atoms with E-state index in [0.717, 1.165) is 16.5 Å². The molecule has 1 aromatic heterocycles. The zero-order valence-electron chi connectivity index (χ0n) is 14.7. The zero-order valence-corrected chi connectivity index (χ0v) is 14.7. The number of rotatable bonds is 6. The SMILES string of the molecule is COc1ccccc1OCC(=O)NCc1cc2ccc(C)cc2[nH]c1=O.